The maximum atomic E-state index is 12.3. The van der Waals surface area contributed by atoms with Gasteiger partial charge in [-0.1, -0.05) is 30.3 Å². The summed E-state index contributed by atoms with van der Waals surface area (Å²) in [4.78, 5) is 42.1. The van der Waals surface area contributed by atoms with E-state index in [0.29, 0.717) is 32.5 Å². The van der Waals surface area contributed by atoms with Gasteiger partial charge in [-0.25, -0.2) is 9.78 Å². The first-order chi connectivity index (χ1) is 13.6. The lowest BCUT2D eigenvalue weighted by Crippen LogP contribution is -2.42. The number of aromatic nitrogens is 1. The standard InChI is InChI=1S/C20H22N2O5S/c1-2-26-19(24)15-8-10-22(11-9-15)17(23)12-27-20(25)16-13-28-18(21-16)14-6-4-3-5-7-14/h3-7,13,15H,2,8-12H2,1H3. The molecule has 1 aliphatic heterocycles. The summed E-state index contributed by atoms with van der Waals surface area (Å²) >= 11 is 1.35. The van der Waals surface area contributed by atoms with Gasteiger partial charge in [-0.3, -0.25) is 9.59 Å². The quantitative estimate of drug-likeness (QED) is 0.691. The van der Waals surface area contributed by atoms with Crippen LogP contribution in [0.1, 0.15) is 30.3 Å². The van der Waals surface area contributed by atoms with E-state index in [1.165, 1.54) is 11.3 Å². The SMILES string of the molecule is CCOC(=O)C1CCN(C(=O)COC(=O)c2csc(-c3ccccc3)n2)CC1. The fraction of sp³-hybridized carbons (Fsp3) is 0.400. The van der Waals surface area contributed by atoms with E-state index in [1.807, 2.05) is 30.3 Å². The van der Waals surface area contributed by atoms with E-state index in [9.17, 15) is 14.4 Å². The van der Waals surface area contributed by atoms with E-state index in [-0.39, 0.29) is 30.1 Å². The number of nitrogens with zero attached hydrogens (tertiary/aromatic N) is 2. The van der Waals surface area contributed by atoms with Gasteiger partial charge < -0.3 is 14.4 Å². The van der Waals surface area contributed by atoms with Crippen molar-refractivity contribution in [3.05, 3.63) is 41.4 Å². The van der Waals surface area contributed by atoms with E-state index in [4.69, 9.17) is 9.47 Å². The predicted molar refractivity (Wildman–Crippen MR) is 104 cm³/mol. The van der Waals surface area contributed by atoms with Gasteiger partial charge in [-0.05, 0) is 19.8 Å². The summed E-state index contributed by atoms with van der Waals surface area (Å²) in [7, 11) is 0. The molecule has 1 amide bonds. The third-order valence-corrected chi connectivity index (χ3v) is 5.42. The minimum atomic E-state index is -0.617. The molecule has 1 saturated heterocycles. The number of hydrogen-bond donors (Lipinski definition) is 0. The summed E-state index contributed by atoms with van der Waals surface area (Å²) in [5.74, 6) is -1.26. The van der Waals surface area contributed by atoms with Gasteiger partial charge in [0.1, 0.15) is 5.01 Å². The number of carbonyl (C=O) groups is 3. The molecule has 0 unspecified atom stereocenters. The van der Waals surface area contributed by atoms with Crippen molar-refractivity contribution in [2.75, 3.05) is 26.3 Å². The zero-order valence-electron chi connectivity index (χ0n) is 15.6. The fourth-order valence-corrected chi connectivity index (χ4v) is 3.79. The van der Waals surface area contributed by atoms with Crippen LogP contribution in [0.2, 0.25) is 0 Å². The van der Waals surface area contributed by atoms with Crippen molar-refractivity contribution in [1.29, 1.82) is 0 Å². The first kappa shape index (κ1) is 20.0. The van der Waals surface area contributed by atoms with Gasteiger partial charge >= 0.3 is 11.9 Å². The highest BCUT2D eigenvalue weighted by molar-refractivity contribution is 7.13. The van der Waals surface area contributed by atoms with Crippen molar-refractivity contribution in [2.24, 2.45) is 5.92 Å². The van der Waals surface area contributed by atoms with Gasteiger partial charge in [0.25, 0.3) is 5.91 Å². The second kappa shape index (κ2) is 9.45. The minimum absolute atomic E-state index is 0.169. The number of carbonyl (C=O) groups excluding carboxylic acids is 3. The highest BCUT2D eigenvalue weighted by Crippen LogP contribution is 2.23. The molecular weight excluding hydrogens is 380 g/mol. The summed E-state index contributed by atoms with van der Waals surface area (Å²) in [5.41, 5.74) is 1.12. The zero-order chi connectivity index (χ0) is 19.9. The van der Waals surface area contributed by atoms with Gasteiger partial charge in [-0.15, -0.1) is 11.3 Å². The number of thiazole rings is 1. The molecule has 0 bridgehead atoms. The second-order valence-corrected chi connectivity index (χ2v) is 7.25. The maximum Gasteiger partial charge on any atom is 0.358 e. The Bertz CT molecular complexity index is 828. The van der Waals surface area contributed by atoms with Gasteiger partial charge in [0.05, 0.1) is 12.5 Å². The number of hydrogen-bond acceptors (Lipinski definition) is 7. The molecule has 3 rings (SSSR count). The highest BCUT2D eigenvalue weighted by Gasteiger charge is 2.28. The molecule has 0 aliphatic carbocycles. The molecular formula is C20H22N2O5S. The maximum absolute atomic E-state index is 12.3. The Balaban J connectivity index is 1.47. The lowest BCUT2D eigenvalue weighted by molar-refractivity contribution is -0.151. The first-order valence-electron chi connectivity index (χ1n) is 9.21. The van der Waals surface area contributed by atoms with Crippen LogP contribution in [0.3, 0.4) is 0 Å². The van der Waals surface area contributed by atoms with Gasteiger partial charge in [0, 0.05) is 24.0 Å². The molecule has 1 aromatic heterocycles. The smallest absolute Gasteiger partial charge is 0.358 e. The molecule has 0 spiro atoms. The molecule has 2 heterocycles. The fourth-order valence-electron chi connectivity index (χ4n) is 3.00. The van der Waals surface area contributed by atoms with E-state index < -0.39 is 5.97 Å². The van der Waals surface area contributed by atoms with Crippen LogP contribution < -0.4 is 0 Å². The summed E-state index contributed by atoms with van der Waals surface area (Å²) in [6.07, 6.45) is 1.12. The molecule has 2 aromatic rings. The zero-order valence-corrected chi connectivity index (χ0v) is 16.4. The van der Waals surface area contributed by atoms with E-state index >= 15 is 0 Å². The number of esters is 2. The number of rotatable bonds is 6. The van der Waals surface area contributed by atoms with Crippen molar-refractivity contribution in [2.45, 2.75) is 19.8 Å². The normalized spacial score (nSPS) is 14.5. The van der Waals surface area contributed by atoms with Gasteiger partial charge in [-0.2, -0.15) is 0 Å². The van der Waals surface area contributed by atoms with Crippen LogP contribution in [0.5, 0.6) is 0 Å². The van der Waals surface area contributed by atoms with Crippen molar-refractivity contribution >= 4 is 29.2 Å². The highest BCUT2D eigenvalue weighted by atomic mass is 32.1. The van der Waals surface area contributed by atoms with Gasteiger partial charge in [0.15, 0.2) is 12.3 Å². The van der Waals surface area contributed by atoms with Crippen LogP contribution in [0.15, 0.2) is 35.7 Å². The van der Waals surface area contributed by atoms with E-state index in [0.717, 1.165) is 10.6 Å². The lowest BCUT2D eigenvalue weighted by atomic mass is 9.97. The Morgan fingerprint density at radius 2 is 1.86 bits per heavy atom. The Kier molecular flexibility index (Phi) is 6.76. The van der Waals surface area contributed by atoms with E-state index in [1.54, 1.807) is 17.2 Å². The number of benzene rings is 1. The largest absolute Gasteiger partial charge is 0.466 e. The topological polar surface area (TPSA) is 85.8 Å². The molecule has 1 aliphatic rings. The molecule has 28 heavy (non-hydrogen) atoms. The third-order valence-electron chi connectivity index (χ3n) is 4.53. The van der Waals surface area contributed by atoms with Crippen LogP contribution in [0.25, 0.3) is 10.6 Å². The van der Waals surface area contributed by atoms with Crippen LogP contribution in [0, 0.1) is 5.92 Å². The lowest BCUT2D eigenvalue weighted by Gasteiger charge is -2.30. The summed E-state index contributed by atoms with van der Waals surface area (Å²) in [5, 5.41) is 2.35. The average Bonchev–Trinajstić information content (AvgIpc) is 3.23. The second-order valence-electron chi connectivity index (χ2n) is 6.39. The summed E-state index contributed by atoms with van der Waals surface area (Å²) in [6, 6.07) is 9.54. The van der Waals surface area contributed by atoms with Crippen molar-refractivity contribution in [3.8, 4) is 10.6 Å². The monoisotopic (exact) mass is 402 g/mol. The molecule has 0 atom stereocenters. The molecule has 0 N–H and O–H groups in total. The van der Waals surface area contributed by atoms with Crippen LogP contribution in [-0.2, 0) is 19.1 Å². The number of piperidine rings is 1. The Hall–Kier alpha value is -2.74. The molecule has 7 nitrogen and oxygen atoms in total. The number of ether oxygens (including phenoxy) is 2. The van der Waals surface area contributed by atoms with Gasteiger partial charge in [0.2, 0.25) is 0 Å². The molecule has 1 aromatic carbocycles. The summed E-state index contributed by atoms with van der Waals surface area (Å²) < 4.78 is 10.1. The Morgan fingerprint density at radius 1 is 1.14 bits per heavy atom. The number of amides is 1. The van der Waals surface area contributed by atoms with Crippen molar-refractivity contribution < 1.29 is 23.9 Å². The minimum Gasteiger partial charge on any atom is -0.466 e. The third kappa shape index (κ3) is 4.95. The van der Waals surface area contributed by atoms with Crippen LogP contribution in [-0.4, -0.2) is 54.0 Å². The molecule has 0 radical (unpaired) electrons. The van der Waals surface area contributed by atoms with Crippen molar-refractivity contribution in [1.82, 2.24) is 9.88 Å². The molecule has 0 saturated carbocycles. The molecule has 8 heteroatoms. The molecule has 1 fully saturated rings. The first-order valence-corrected chi connectivity index (χ1v) is 10.1. The molecule has 148 valence electrons. The van der Waals surface area contributed by atoms with Crippen LogP contribution in [0.4, 0.5) is 0 Å². The number of likely N-dealkylation sites (tertiary alicyclic amines) is 1. The average molecular weight is 402 g/mol. The van der Waals surface area contributed by atoms with Crippen LogP contribution >= 0.6 is 11.3 Å². The summed E-state index contributed by atoms with van der Waals surface area (Å²) in [6.45, 7) is 2.71. The Morgan fingerprint density at radius 3 is 2.54 bits per heavy atom. The predicted octanol–water partition coefficient (Wildman–Crippen LogP) is 2.77. The van der Waals surface area contributed by atoms with Crippen molar-refractivity contribution in [3.63, 3.8) is 0 Å². The Labute approximate surface area is 167 Å². The van der Waals surface area contributed by atoms with E-state index in [2.05, 4.69) is 4.98 Å².